The second-order valence-corrected chi connectivity index (χ2v) is 16.8. The van der Waals surface area contributed by atoms with Crippen LogP contribution < -0.4 is 29.0 Å². The zero-order chi connectivity index (χ0) is 43.0. The van der Waals surface area contributed by atoms with Crippen LogP contribution in [0.3, 0.4) is 0 Å². The number of aromatic nitrogens is 2. The van der Waals surface area contributed by atoms with Crippen LogP contribution in [0.15, 0.2) is 110 Å². The van der Waals surface area contributed by atoms with E-state index in [0.717, 1.165) is 121 Å². The zero-order valence-corrected chi connectivity index (χ0v) is 37.5. The van der Waals surface area contributed by atoms with Crippen molar-refractivity contribution in [2.45, 2.75) is 64.7 Å². The molecule has 62 heavy (non-hydrogen) atoms. The van der Waals surface area contributed by atoms with Gasteiger partial charge in [0.15, 0.2) is 23.0 Å². The Morgan fingerprint density at radius 3 is 1.53 bits per heavy atom. The second kappa shape index (κ2) is 20.3. The molecular formula is C50H56Cl2N6O4. The Hall–Kier alpha value is -5.26. The van der Waals surface area contributed by atoms with Crippen molar-refractivity contribution in [2.75, 3.05) is 63.1 Å². The quantitative estimate of drug-likeness (QED) is 0.0653. The molecule has 0 aliphatic carbocycles. The van der Waals surface area contributed by atoms with Gasteiger partial charge in [0, 0.05) is 72.5 Å². The van der Waals surface area contributed by atoms with Crippen LogP contribution in [-0.2, 0) is 13.1 Å². The number of halogens is 2. The first kappa shape index (κ1) is 43.4. The predicted molar refractivity (Wildman–Crippen MR) is 253 cm³/mol. The van der Waals surface area contributed by atoms with Crippen LogP contribution in [0.25, 0.3) is 21.8 Å². The van der Waals surface area contributed by atoms with E-state index in [1.807, 2.05) is 62.6 Å². The van der Waals surface area contributed by atoms with E-state index in [-0.39, 0.29) is 12.1 Å². The highest BCUT2D eigenvalue weighted by Crippen LogP contribution is 2.40. The Morgan fingerprint density at radius 2 is 1.08 bits per heavy atom. The van der Waals surface area contributed by atoms with Gasteiger partial charge in [-0.1, -0.05) is 48.0 Å². The third-order valence-corrected chi connectivity index (χ3v) is 12.4. The molecule has 4 heterocycles. The molecule has 10 nitrogen and oxygen atoms in total. The van der Waals surface area contributed by atoms with Crippen LogP contribution in [0.4, 0.5) is 11.4 Å². The summed E-state index contributed by atoms with van der Waals surface area (Å²) >= 11 is 13.2. The number of hydrazine groups is 1. The highest BCUT2D eigenvalue weighted by atomic mass is 35.5. The van der Waals surface area contributed by atoms with Gasteiger partial charge in [-0.05, 0) is 123 Å². The molecule has 0 N–H and O–H groups in total. The largest absolute Gasteiger partial charge is 0.493 e. The highest BCUT2D eigenvalue weighted by molar-refractivity contribution is 6.31. The monoisotopic (exact) mass is 874 g/mol. The number of rotatable bonds is 17. The molecule has 0 radical (unpaired) electrons. The van der Waals surface area contributed by atoms with Crippen molar-refractivity contribution in [3.8, 4) is 23.0 Å². The molecule has 0 spiro atoms. The number of methoxy groups -OCH3 is 1. The summed E-state index contributed by atoms with van der Waals surface area (Å²) in [5.74, 6) is 3.05. The molecule has 0 saturated carbocycles. The zero-order valence-electron chi connectivity index (χ0n) is 35.9. The van der Waals surface area contributed by atoms with E-state index in [1.165, 1.54) is 11.1 Å². The van der Waals surface area contributed by atoms with Crippen LogP contribution in [0.1, 0.15) is 50.7 Å². The molecule has 2 aliphatic heterocycles. The molecule has 0 unspecified atom stereocenters. The summed E-state index contributed by atoms with van der Waals surface area (Å²) in [5.41, 5.74) is 6.38. The molecule has 2 fully saturated rings. The minimum atomic E-state index is 0.186. The molecule has 0 amide bonds. The fourth-order valence-electron chi connectivity index (χ4n) is 9.02. The van der Waals surface area contributed by atoms with Gasteiger partial charge in [0.2, 0.25) is 0 Å². The third-order valence-electron chi connectivity index (χ3n) is 11.9. The van der Waals surface area contributed by atoms with Crippen LogP contribution in [0.2, 0.25) is 10.0 Å². The molecule has 2 aliphatic rings. The maximum absolute atomic E-state index is 6.59. The van der Waals surface area contributed by atoms with Crippen molar-refractivity contribution >= 4 is 56.4 Å². The maximum atomic E-state index is 6.59. The van der Waals surface area contributed by atoms with E-state index >= 15 is 0 Å². The fraction of sp³-hybridized carbons (Fsp3) is 0.360. The topological polar surface area (TPSA) is 75.7 Å². The van der Waals surface area contributed by atoms with Crippen molar-refractivity contribution in [2.24, 2.45) is 0 Å². The third kappa shape index (κ3) is 9.84. The number of likely N-dealkylation sites (tertiary alicyclic amines) is 2. The lowest BCUT2D eigenvalue weighted by Gasteiger charge is -2.51. The smallest absolute Gasteiger partial charge is 0.161 e. The van der Waals surface area contributed by atoms with Gasteiger partial charge in [0.1, 0.15) is 6.61 Å². The molecule has 324 valence electrons. The van der Waals surface area contributed by atoms with E-state index in [0.29, 0.717) is 29.9 Å². The van der Waals surface area contributed by atoms with Crippen LogP contribution in [0.5, 0.6) is 23.0 Å². The summed E-state index contributed by atoms with van der Waals surface area (Å²) in [7, 11) is 1.69. The van der Waals surface area contributed by atoms with E-state index in [1.54, 1.807) is 13.2 Å². The van der Waals surface area contributed by atoms with E-state index in [4.69, 9.17) is 52.1 Å². The predicted octanol–water partition coefficient (Wildman–Crippen LogP) is 11.0. The van der Waals surface area contributed by atoms with Gasteiger partial charge in [-0.2, -0.15) is 0 Å². The molecule has 0 bridgehead atoms. The first-order chi connectivity index (χ1) is 30.3. The van der Waals surface area contributed by atoms with Gasteiger partial charge in [0.05, 0.1) is 54.8 Å². The Labute approximate surface area is 375 Å². The van der Waals surface area contributed by atoms with E-state index < -0.39 is 0 Å². The van der Waals surface area contributed by atoms with Crippen LogP contribution in [-0.4, -0.2) is 85.0 Å². The maximum Gasteiger partial charge on any atom is 0.161 e. The Bertz CT molecular complexity index is 2470. The lowest BCUT2D eigenvalue weighted by molar-refractivity contribution is 0.184. The minimum absolute atomic E-state index is 0.186. The second-order valence-electron chi connectivity index (χ2n) is 15.9. The van der Waals surface area contributed by atoms with Gasteiger partial charge in [0.25, 0.3) is 0 Å². The van der Waals surface area contributed by atoms with Gasteiger partial charge in [-0.25, -0.2) is 0 Å². The Kier molecular flexibility index (Phi) is 14.2. The summed E-state index contributed by atoms with van der Waals surface area (Å²) in [6, 6.07) is 29.4. The van der Waals surface area contributed by atoms with Gasteiger partial charge < -0.3 is 18.9 Å². The molecule has 6 aromatic rings. The van der Waals surface area contributed by atoms with Crippen LogP contribution in [0, 0.1) is 0 Å². The number of hydrogen-bond donors (Lipinski definition) is 0. The summed E-state index contributed by atoms with van der Waals surface area (Å²) in [4.78, 5) is 14.7. The Balaban J connectivity index is 1.13. The lowest BCUT2D eigenvalue weighted by Crippen LogP contribution is -2.59. The molecule has 2 aromatic heterocycles. The molecule has 4 aromatic carbocycles. The number of hydrogen-bond acceptors (Lipinski definition) is 10. The van der Waals surface area contributed by atoms with Crippen molar-refractivity contribution in [3.05, 3.63) is 131 Å². The summed E-state index contributed by atoms with van der Waals surface area (Å²) in [6.45, 7) is 14.8. The lowest BCUT2D eigenvalue weighted by atomic mass is 9.99. The summed E-state index contributed by atoms with van der Waals surface area (Å²) < 4.78 is 23.4. The normalized spacial score (nSPS) is 15.4. The van der Waals surface area contributed by atoms with Crippen molar-refractivity contribution in [1.82, 2.24) is 19.8 Å². The number of anilines is 2. The SMILES string of the molecule is C=CCOc1ccc(CN2CCC(N(c3ccnc4cc(Cl)ccc34)N(c3ccnc4cc(Cl)ccc34)C3CCN(Cc4ccc(OC)c(OCC)c4)CC3)CC2)cc1OCC. The number of ether oxygens (including phenoxy) is 4. The standard InChI is InChI=1S/C50H56Cl2N6O4/c1-5-28-62-48-15-9-36(30-50(48)61-7-3)34-56-26-20-40(21-27-56)58(46-17-23-54-44-32-38(52)11-13-42(44)46)57(45-16-22-53-43-31-37(51)10-12-41(43)45)39-18-24-55(25-19-39)33-35-8-14-47(59-4)49(29-35)60-6-2/h5,8-17,22-23,29-32,39-40H,1,6-7,18-21,24-28,33-34H2,2-4H3. The molecule has 2 saturated heterocycles. The van der Waals surface area contributed by atoms with Gasteiger partial charge in [-0.3, -0.25) is 29.8 Å². The number of benzene rings is 4. The van der Waals surface area contributed by atoms with Crippen molar-refractivity contribution < 1.29 is 18.9 Å². The Morgan fingerprint density at radius 1 is 0.613 bits per heavy atom. The molecule has 0 atom stereocenters. The highest BCUT2D eigenvalue weighted by Gasteiger charge is 2.36. The number of nitrogens with zero attached hydrogens (tertiary/aromatic N) is 6. The average Bonchev–Trinajstić information content (AvgIpc) is 3.28. The van der Waals surface area contributed by atoms with Crippen molar-refractivity contribution in [3.63, 3.8) is 0 Å². The summed E-state index contributed by atoms with van der Waals surface area (Å²) in [5, 5.41) is 8.68. The van der Waals surface area contributed by atoms with E-state index in [9.17, 15) is 0 Å². The molecule has 8 rings (SSSR count). The fourth-order valence-corrected chi connectivity index (χ4v) is 9.36. The number of piperidine rings is 2. The van der Waals surface area contributed by atoms with E-state index in [2.05, 4.69) is 74.9 Å². The molecule has 12 heteroatoms. The average molecular weight is 876 g/mol. The van der Waals surface area contributed by atoms with Crippen molar-refractivity contribution in [1.29, 1.82) is 0 Å². The number of fused-ring (bicyclic) bond motifs is 2. The number of pyridine rings is 2. The first-order valence-corrected chi connectivity index (χ1v) is 22.5. The van der Waals surface area contributed by atoms with Gasteiger partial charge in [-0.15, -0.1) is 0 Å². The first-order valence-electron chi connectivity index (χ1n) is 21.8. The minimum Gasteiger partial charge on any atom is -0.493 e. The summed E-state index contributed by atoms with van der Waals surface area (Å²) in [6.07, 6.45) is 9.44. The molecular weight excluding hydrogens is 819 g/mol. The van der Waals surface area contributed by atoms with Crippen LogP contribution >= 0.6 is 23.2 Å². The van der Waals surface area contributed by atoms with Gasteiger partial charge >= 0.3 is 0 Å².